The fourth-order valence-electron chi connectivity index (χ4n) is 1.63. The highest BCUT2D eigenvalue weighted by molar-refractivity contribution is 5.46. The quantitative estimate of drug-likeness (QED) is 0.550. The Morgan fingerprint density at radius 3 is 2.79 bits per heavy atom. The third-order valence-electron chi connectivity index (χ3n) is 2.69. The van der Waals surface area contributed by atoms with Crippen molar-refractivity contribution in [3.8, 4) is 0 Å². The second-order valence-electron chi connectivity index (χ2n) is 4.03. The van der Waals surface area contributed by atoms with Crippen LogP contribution in [0.5, 0.6) is 0 Å². The van der Waals surface area contributed by atoms with Gasteiger partial charge in [0.15, 0.2) is 0 Å². The predicted molar refractivity (Wildman–Crippen MR) is 60.2 cm³/mol. The van der Waals surface area contributed by atoms with E-state index in [1.165, 1.54) is 24.8 Å². The molecule has 0 atom stereocenters. The highest BCUT2D eigenvalue weighted by Crippen LogP contribution is 2.18. The molecule has 0 radical (unpaired) electrons. The van der Waals surface area contributed by atoms with Gasteiger partial charge >= 0.3 is 0 Å². The molecule has 14 heavy (non-hydrogen) atoms. The van der Waals surface area contributed by atoms with Gasteiger partial charge in [-0.1, -0.05) is 18.2 Å². The molecule has 0 aromatic heterocycles. The van der Waals surface area contributed by atoms with Gasteiger partial charge in [0.25, 0.3) is 0 Å². The van der Waals surface area contributed by atoms with E-state index in [9.17, 15) is 0 Å². The van der Waals surface area contributed by atoms with Crippen molar-refractivity contribution in [2.24, 2.45) is 0 Å². The Balaban J connectivity index is 1.71. The average Bonchev–Trinajstić information content (AvgIpc) is 2.99. The minimum absolute atomic E-state index is 0.822. The molecule has 0 unspecified atom stereocenters. The van der Waals surface area contributed by atoms with Gasteiger partial charge in [-0.2, -0.15) is 0 Å². The van der Waals surface area contributed by atoms with Crippen LogP contribution in [-0.2, 0) is 6.42 Å². The lowest BCUT2D eigenvalue weighted by Crippen LogP contribution is -2.17. The summed E-state index contributed by atoms with van der Waals surface area (Å²) in [6.45, 7) is 1.12. The van der Waals surface area contributed by atoms with Gasteiger partial charge in [-0.3, -0.25) is 0 Å². The Kier molecular flexibility index (Phi) is 3.04. The molecule has 1 aromatic rings. The first-order valence-corrected chi connectivity index (χ1v) is 5.43. The second kappa shape index (κ2) is 4.47. The molecule has 0 bridgehead atoms. The van der Waals surface area contributed by atoms with Crippen LogP contribution in [0, 0.1) is 0 Å². The number of nitrogen functional groups attached to an aromatic ring is 1. The summed E-state index contributed by atoms with van der Waals surface area (Å²) < 4.78 is 0. The maximum Gasteiger partial charge on any atom is 0.0346 e. The van der Waals surface area contributed by atoms with Crippen LogP contribution in [0.15, 0.2) is 24.3 Å². The number of para-hydroxylation sites is 1. The molecule has 1 aliphatic carbocycles. The summed E-state index contributed by atoms with van der Waals surface area (Å²) in [5.74, 6) is 0. The van der Waals surface area contributed by atoms with E-state index in [1.807, 2.05) is 12.1 Å². The van der Waals surface area contributed by atoms with Crippen molar-refractivity contribution < 1.29 is 0 Å². The second-order valence-corrected chi connectivity index (χ2v) is 4.03. The summed E-state index contributed by atoms with van der Waals surface area (Å²) in [7, 11) is 0. The third-order valence-corrected chi connectivity index (χ3v) is 2.69. The van der Waals surface area contributed by atoms with Gasteiger partial charge in [0, 0.05) is 11.7 Å². The predicted octanol–water partition coefficient (Wildman–Crippen LogP) is 1.95. The van der Waals surface area contributed by atoms with E-state index in [2.05, 4.69) is 17.4 Å². The Morgan fingerprint density at radius 1 is 1.29 bits per heavy atom. The van der Waals surface area contributed by atoms with E-state index < -0.39 is 0 Å². The molecule has 76 valence electrons. The van der Waals surface area contributed by atoms with Crippen molar-refractivity contribution in [1.82, 2.24) is 5.32 Å². The number of nitrogens with one attached hydrogen (secondary N) is 1. The Morgan fingerprint density at radius 2 is 2.07 bits per heavy atom. The highest BCUT2D eigenvalue weighted by atomic mass is 14.9. The SMILES string of the molecule is Nc1ccccc1CCCNC1CC1. The van der Waals surface area contributed by atoms with E-state index in [1.54, 1.807) is 0 Å². The molecule has 3 N–H and O–H groups in total. The fourth-order valence-corrected chi connectivity index (χ4v) is 1.63. The summed E-state index contributed by atoms with van der Waals surface area (Å²) in [6.07, 6.45) is 5.01. The van der Waals surface area contributed by atoms with Gasteiger partial charge in [0.05, 0.1) is 0 Å². The van der Waals surface area contributed by atoms with Gasteiger partial charge in [-0.15, -0.1) is 0 Å². The largest absolute Gasteiger partial charge is 0.399 e. The highest BCUT2D eigenvalue weighted by Gasteiger charge is 2.19. The number of rotatable bonds is 5. The molecule has 2 rings (SSSR count). The van der Waals surface area contributed by atoms with Crippen molar-refractivity contribution >= 4 is 5.69 Å². The van der Waals surface area contributed by atoms with Crippen molar-refractivity contribution in [2.45, 2.75) is 31.7 Å². The smallest absolute Gasteiger partial charge is 0.0346 e. The number of nitrogens with two attached hydrogens (primary N) is 1. The molecule has 1 saturated carbocycles. The first kappa shape index (κ1) is 9.53. The van der Waals surface area contributed by atoms with Crippen LogP contribution in [0.1, 0.15) is 24.8 Å². The van der Waals surface area contributed by atoms with Crippen LogP contribution in [0.3, 0.4) is 0 Å². The normalized spacial score (nSPS) is 15.7. The Bertz CT molecular complexity index is 292. The summed E-state index contributed by atoms with van der Waals surface area (Å²) in [4.78, 5) is 0. The zero-order valence-electron chi connectivity index (χ0n) is 8.50. The van der Waals surface area contributed by atoms with E-state index in [4.69, 9.17) is 5.73 Å². The zero-order chi connectivity index (χ0) is 9.80. The molecular formula is C12H18N2. The minimum atomic E-state index is 0.822. The lowest BCUT2D eigenvalue weighted by atomic mass is 10.1. The van der Waals surface area contributed by atoms with E-state index in [0.717, 1.165) is 24.7 Å². The zero-order valence-corrected chi connectivity index (χ0v) is 8.50. The van der Waals surface area contributed by atoms with Gasteiger partial charge < -0.3 is 11.1 Å². The molecule has 0 heterocycles. The summed E-state index contributed by atoms with van der Waals surface area (Å²) in [6, 6.07) is 8.96. The molecule has 0 saturated heterocycles. The lowest BCUT2D eigenvalue weighted by Gasteiger charge is -2.05. The molecule has 0 spiro atoms. The van der Waals surface area contributed by atoms with Gasteiger partial charge in [-0.05, 0) is 43.9 Å². The van der Waals surface area contributed by atoms with Crippen LogP contribution in [0.2, 0.25) is 0 Å². The third kappa shape index (κ3) is 2.74. The van der Waals surface area contributed by atoms with Gasteiger partial charge in [-0.25, -0.2) is 0 Å². The number of benzene rings is 1. The van der Waals surface area contributed by atoms with Crippen LogP contribution in [0.25, 0.3) is 0 Å². The van der Waals surface area contributed by atoms with E-state index >= 15 is 0 Å². The van der Waals surface area contributed by atoms with E-state index in [-0.39, 0.29) is 0 Å². The summed E-state index contributed by atoms with van der Waals surface area (Å²) >= 11 is 0. The maximum absolute atomic E-state index is 5.85. The van der Waals surface area contributed by atoms with Crippen molar-refractivity contribution in [3.63, 3.8) is 0 Å². The van der Waals surface area contributed by atoms with Crippen molar-refractivity contribution in [3.05, 3.63) is 29.8 Å². The van der Waals surface area contributed by atoms with Crippen molar-refractivity contribution in [1.29, 1.82) is 0 Å². The average molecular weight is 190 g/mol. The molecule has 2 nitrogen and oxygen atoms in total. The maximum atomic E-state index is 5.85. The Hall–Kier alpha value is -1.02. The lowest BCUT2D eigenvalue weighted by molar-refractivity contribution is 0.646. The number of hydrogen-bond acceptors (Lipinski definition) is 2. The van der Waals surface area contributed by atoms with E-state index in [0.29, 0.717) is 0 Å². The Labute approximate surface area is 85.5 Å². The standard InChI is InChI=1S/C12H18N2/c13-12-6-2-1-4-10(12)5-3-9-14-11-7-8-11/h1-2,4,6,11,14H,3,5,7-9,13H2. The molecule has 1 aliphatic rings. The minimum Gasteiger partial charge on any atom is -0.399 e. The van der Waals surface area contributed by atoms with Crippen LogP contribution < -0.4 is 11.1 Å². The topological polar surface area (TPSA) is 38.0 Å². The van der Waals surface area contributed by atoms with Crippen LogP contribution >= 0.6 is 0 Å². The molecule has 0 aliphatic heterocycles. The van der Waals surface area contributed by atoms with Gasteiger partial charge in [0.2, 0.25) is 0 Å². The molecule has 2 heteroatoms. The fraction of sp³-hybridized carbons (Fsp3) is 0.500. The monoisotopic (exact) mass is 190 g/mol. The number of aryl methyl sites for hydroxylation is 1. The van der Waals surface area contributed by atoms with Crippen LogP contribution in [-0.4, -0.2) is 12.6 Å². The molecule has 1 aromatic carbocycles. The number of anilines is 1. The summed E-state index contributed by atoms with van der Waals surface area (Å²) in [5, 5.41) is 3.51. The van der Waals surface area contributed by atoms with Crippen molar-refractivity contribution in [2.75, 3.05) is 12.3 Å². The summed E-state index contributed by atoms with van der Waals surface area (Å²) in [5.41, 5.74) is 8.07. The molecular weight excluding hydrogens is 172 g/mol. The van der Waals surface area contributed by atoms with Gasteiger partial charge in [0.1, 0.15) is 0 Å². The molecule has 0 amide bonds. The molecule has 1 fully saturated rings. The van der Waals surface area contributed by atoms with Crippen LogP contribution in [0.4, 0.5) is 5.69 Å². The first-order valence-electron chi connectivity index (χ1n) is 5.43. The first-order chi connectivity index (χ1) is 6.86. The number of hydrogen-bond donors (Lipinski definition) is 2.